The first kappa shape index (κ1) is 22.9. The first-order chi connectivity index (χ1) is 17.2. The number of carbonyl (C=O) groups excluding carboxylic acids is 1. The lowest BCUT2D eigenvalue weighted by molar-refractivity contribution is 0.0450. The number of nitrogens with one attached hydrogen (secondary N) is 2. The van der Waals surface area contributed by atoms with Crippen molar-refractivity contribution in [2.45, 2.75) is 25.4 Å². The maximum atomic E-state index is 12.0. The molecule has 1 fully saturated rings. The number of hydrogen-bond donors (Lipinski definition) is 2. The van der Waals surface area contributed by atoms with Gasteiger partial charge in [0.1, 0.15) is 19.0 Å². The van der Waals surface area contributed by atoms with Gasteiger partial charge in [-0.05, 0) is 67.4 Å². The van der Waals surface area contributed by atoms with Crippen LogP contribution in [-0.2, 0) is 11.3 Å². The number of hydrogen-bond acceptors (Lipinski definition) is 6. The molecule has 5 rings (SSSR count). The van der Waals surface area contributed by atoms with Crippen LogP contribution in [0, 0.1) is 0 Å². The van der Waals surface area contributed by atoms with Crippen molar-refractivity contribution in [3.63, 3.8) is 0 Å². The third-order valence-corrected chi connectivity index (χ3v) is 6.22. The molecule has 0 bridgehead atoms. The second-order valence-electron chi connectivity index (χ2n) is 8.89. The summed E-state index contributed by atoms with van der Waals surface area (Å²) in [6.07, 6.45) is 4.18. The Morgan fingerprint density at radius 2 is 1.97 bits per heavy atom. The van der Waals surface area contributed by atoms with Crippen LogP contribution in [-0.4, -0.2) is 53.4 Å². The summed E-state index contributed by atoms with van der Waals surface area (Å²) in [7, 11) is 0. The molecular weight excluding hydrogens is 440 g/mol. The van der Waals surface area contributed by atoms with Crippen molar-refractivity contribution < 1.29 is 14.3 Å². The van der Waals surface area contributed by atoms with E-state index in [0.717, 1.165) is 54.8 Å². The highest BCUT2D eigenvalue weighted by atomic mass is 16.6. The maximum absolute atomic E-state index is 12.0. The van der Waals surface area contributed by atoms with Crippen LogP contribution in [0.4, 0.5) is 5.69 Å². The highest BCUT2D eigenvalue weighted by Crippen LogP contribution is 2.22. The zero-order valence-electron chi connectivity index (χ0n) is 19.7. The standard InChI is InChI=1S/C28H30N4O3/c33-28(22-7-2-1-3-8-22)35-15-14-34-26-10-4-6-21(16-26)19-32-13-5-9-25(20-32)30-24-11-12-27-23(17-24)18-29-31-27/h1-4,6-8,10-12,16-18,25,30H,5,9,13-15,19-20H2,(H,29,31)/t25-/m1/s1. The van der Waals surface area contributed by atoms with Gasteiger partial charge in [0, 0.05) is 30.2 Å². The van der Waals surface area contributed by atoms with E-state index in [2.05, 4.69) is 50.7 Å². The van der Waals surface area contributed by atoms with Crippen LogP contribution in [0.2, 0.25) is 0 Å². The van der Waals surface area contributed by atoms with Gasteiger partial charge in [-0.15, -0.1) is 0 Å². The lowest BCUT2D eigenvalue weighted by Crippen LogP contribution is -2.41. The SMILES string of the molecule is O=C(OCCOc1cccc(CN2CCC[C@@H](Nc3ccc4[nH]ncc4c3)C2)c1)c1ccccc1. The maximum Gasteiger partial charge on any atom is 0.338 e. The number of benzene rings is 3. The van der Waals surface area contributed by atoms with E-state index in [0.29, 0.717) is 18.2 Å². The Morgan fingerprint density at radius 1 is 1.06 bits per heavy atom. The third kappa shape index (κ3) is 6.19. The average Bonchev–Trinajstić information content (AvgIpc) is 3.35. The molecule has 1 aromatic heterocycles. The number of likely N-dealkylation sites (tertiary alicyclic amines) is 1. The number of ether oxygens (including phenoxy) is 2. The Labute approximate surface area is 205 Å². The normalized spacial score (nSPS) is 16.2. The number of nitrogens with zero attached hydrogens (tertiary/aromatic N) is 2. The number of carbonyl (C=O) groups is 1. The van der Waals surface area contributed by atoms with E-state index in [1.54, 1.807) is 12.1 Å². The van der Waals surface area contributed by atoms with Crippen molar-refractivity contribution in [3.05, 3.63) is 90.1 Å². The van der Waals surface area contributed by atoms with E-state index in [-0.39, 0.29) is 12.6 Å². The van der Waals surface area contributed by atoms with Gasteiger partial charge in [0.2, 0.25) is 0 Å². The van der Waals surface area contributed by atoms with Crippen LogP contribution in [0.15, 0.2) is 79.0 Å². The van der Waals surface area contributed by atoms with Crippen LogP contribution in [0.25, 0.3) is 10.9 Å². The molecule has 7 heteroatoms. The number of aromatic amines is 1. The van der Waals surface area contributed by atoms with Crippen molar-refractivity contribution in [2.24, 2.45) is 0 Å². The predicted molar refractivity (Wildman–Crippen MR) is 137 cm³/mol. The van der Waals surface area contributed by atoms with E-state index in [1.807, 2.05) is 36.5 Å². The van der Waals surface area contributed by atoms with Gasteiger partial charge in [0.05, 0.1) is 17.3 Å². The molecule has 0 unspecified atom stereocenters. The summed E-state index contributed by atoms with van der Waals surface area (Å²) in [6, 6.07) is 23.9. The van der Waals surface area contributed by atoms with Gasteiger partial charge in [-0.2, -0.15) is 5.10 Å². The Balaban J connectivity index is 1.09. The minimum absolute atomic E-state index is 0.210. The lowest BCUT2D eigenvalue weighted by atomic mass is 10.0. The molecule has 0 spiro atoms. The van der Waals surface area contributed by atoms with Crippen molar-refractivity contribution in [1.82, 2.24) is 15.1 Å². The highest BCUT2D eigenvalue weighted by molar-refractivity contribution is 5.89. The number of H-pyrrole nitrogens is 1. The summed E-state index contributed by atoms with van der Waals surface area (Å²) in [4.78, 5) is 14.5. The number of rotatable bonds is 9. The van der Waals surface area contributed by atoms with Crippen LogP contribution in [0.3, 0.4) is 0 Å². The molecule has 180 valence electrons. The minimum Gasteiger partial charge on any atom is -0.490 e. The van der Waals surface area contributed by atoms with Crippen LogP contribution >= 0.6 is 0 Å². The zero-order valence-corrected chi connectivity index (χ0v) is 19.7. The molecular formula is C28H30N4O3. The summed E-state index contributed by atoms with van der Waals surface area (Å²) < 4.78 is 11.1. The molecule has 1 aliphatic heterocycles. The second kappa shape index (κ2) is 11.1. The molecule has 0 amide bonds. The van der Waals surface area contributed by atoms with E-state index in [4.69, 9.17) is 9.47 Å². The molecule has 7 nitrogen and oxygen atoms in total. The van der Waals surface area contributed by atoms with Gasteiger partial charge < -0.3 is 14.8 Å². The van der Waals surface area contributed by atoms with Gasteiger partial charge >= 0.3 is 5.97 Å². The number of aromatic nitrogens is 2. The zero-order chi connectivity index (χ0) is 23.9. The van der Waals surface area contributed by atoms with E-state index in [9.17, 15) is 4.79 Å². The summed E-state index contributed by atoms with van der Waals surface area (Å²) in [5, 5.41) is 11.9. The molecule has 0 aliphatic carbocycles. The molecule has 2 heterocycles. The number of anilines is 1. The molecule has 2 N–H and O–H groups in total. The largest absolute Gasteiger partial charge is 0.490 e. The Kier molecular flexibility index (Phi) is 7.24. The molecule has 1 atom stereocenters. The lowest BCUT2D eigenvalue weighted by Gasteiger charge is -2.33. The average molecular weight is 471 g/mol. The van der Waals surface area contributed by atoms with E-state index < -0.39 is 0 Å². The first-order valence-corrected chi connectivity index (χ1v) is 12.1. The molecule has 1 aliphatic rings. The number of fused-ring (bicyclic) bond motifs is 1. The number of esters is 1. The Bertz CT molecular complexity index is 1260. The van der Waals surface area contributed by atoms with Gasteiger partial charge in [0.15, 0.2) is 0 Å². The molecule has 1 saturated heterocycles. The fourth-order valence-corrected chi connectivity index (χ4v) is 4.53. The Hall–Kier alpha value is -3.84. The summed E-state index contributed by atoms with van der Waals surface area (Å²) in [6.45, 7) is 3.48. The van der Waals surface area contributed by atoms with E-state index >= 15 is 0 Å². The van der Waals surface area contributed by atoms with E-state index in [1.165, 1.54) is 5.56 Å². The van der Waals surface area contributed by atoms with Crippen LogP contribution < -0.4 is 10.1 Å². The van der Waals surface area contributed by atoms with Crippen molar-refractivity contribution in [2.75, 3.05) is 31.6 Å². The van der Waals surface area contributed by atoms with Crippen molar-refractivity contribution in [3.8, 4) is 5.75 Å². The van der Waals surface area contributed by atoms with Gasteiger partial charge in [-0.3, -0.25) is 10.00 Å². The van der Waals surface area contributed by atoms with Gasteiger partial charge in [-0.25, -0.2) is 4.79 Å². The topological polar surface area (TPSA) is 79.5 Å². The minimum atomic E-state index is -0.333. The third-order valence-electron chi connectivity index (χ3n) is 6.22. The summed E-state index contributed by atoms with van der Waals surface area (Å²) in [5.41, 5.74) is 3.95. The van der Waals surface area contributed by atoms with Crippen molar-refractivity contribution in [1.29, 1.82) is 0 Å². The van der Waals surface area contributed by atoms with Crippen molar-refractivity contribution >= 4 is 22.6 Å². The molecule has 35 heavy (non-hydrogen) atoms. The highest BCUT2D eigenvalue weighted by Gasteiger charge is 2.20. The fraction of sp³-hybridized carbons (Fsp3) is 0.286. The molecule has 0 saturated carbocycles. The van der Waals surface area contributed by atoms with Crippen LogP contribution in [0.5, 0.6) is 5.75 Å². The second-order valence-corrected chi connectivity index (χ2v) is 8.89. The predicted octanol–water partition coefficient (Wildman–Crippen LogP) is 4.88. The molecule has 3 aromatic carbocycles. The summed E-state index contributed by atoms with van der Waals surface area (Å²) in [5.74, 6) is 0.458. The first-order valence-electron chi connectivity index (χ1n) is 12.1. The Morgan fingerprint density at radius 3 is 2.89 bits per heavy atom. The summed E-state index contributed by atoms with van der Waals surface area (Å²) >= 11 is 0. The van der Waals surface area contributed by atoms with Gasteiger partial charge in [-0.1, -0.05) is 30.3 Å². The molecule has 4 aromatic rings. The fourth-order valence-electron chi connectivity index (χ4n) is 4.53. The smallest absolute Gasteiger partial charge is 0.338 e. The van der Waals surface area contributed by atoms with Crippen LogP contribution in [0.1, 0.15) is 28.8 Å². The monoisotopic (exact) mass is 470 g/mol. The molecule has 0 radical (unpaired) electrons. The quantitative estimate of drug-likeness (QED) is 0.268. The number of piperidine rings is 1. The van der Waals surface area contributed by atoms with Gasteiger partial charge in [0.25, 0.3) is 0 Å².